The Morgan fingerprint density at radius 1 is 0.714 bits per heavy atom. The van der Waals surface area contributed by atoms with E-state index in [2.05, 4.69) is 42.2 Å². The lowest BCUT2D eigenvalue weighted by molar-refractivity contribution is 0.557. The molecule has 0 aromatic heterocycles. The van der Waals surface area contributed by atoms with E-state index in [9.17, 15) is 4.21 Å². The molecule has 1 unspecified atom stereocenters. The van der Waals surface area contributed by atoms with Gasteiger partial charge in [-0.2, -0.15) is 0 Å². The molecule has 0 spiro atoms. The van der Waals surface area contributed by atoms with Crippen LogP contribution in [0.25, 0.3) is 0 Å². The van der Waals surface area contributed by atoms with Crippen LogP contribution in [-0.2, 0) is 10.8 Å². The van der Waals surface area contributed by atoms with Crippen LogP contribution in [0.15, 0.2) is 59.5 Å². The fourth-order valence-electron chi connectivity index (χ4n) is 3.68. The molecule has 0 amide bonds. The SMILES string of the molecule is CCCCCCCCCCCCN(c1ccccc1)c1ccccc1S(C)=O. The van der Waals surface area contributed by atoms with Crippen molar-refractivity contribution in [2.24, 2.45) is 0 Å². The van der Waals surface area contributed by atoms with Crippen molar-refractivity contribution in [3.63, 3.8) is 0 Å². The lowest BCUT2D eigenvalue weighted by Crippen LogP contribution is -2.20. The summed E-state index contributed by atoms with van der Waals surface area (Å²) in [6, 6.07) is 18.6. The predicted octanol–water partition coefficient (Wildman–Crippen LogP) is 7.48. The fraction of sp³-hybridized carbons (Fsp3) is 0.520. The van der Waals surface area contributed by atoms with E-state index in [0.717, 1.165) is 23.5 Å². The fourth-order valence-corrected chi connectivity index (χ4v) is 4.42. The van der Waals surface area contributed by atoms with Crippen molar-refractivity contribution in [2.45, 2.75) is 76.0 Å². The molecule has 154 valence electrons. The first-order chi connectivity index (χ1) is 13.7. The molecule has 0 saturated heterocycles. The van der Waals surface area contributed by atoms with Gasteiger partial charge in [0.25, 0.3) is 0 Å². The number of unbranched alkanes of at least 4 members (excludes halogenated alkanes) is 9. The average molecular weight is 400 g/mol. The Morgan fingerprint density at radius 2 is 1.25 bits per heavy atom. The summed E-state index contributed by atoms with van der Waals surface area (Å²) in [5, 5.41) is 0. The highest BCUT2D eigenvalue weighted by Crippen LogP contribution is 2.30. The topological polar surface area (TPSA) is 20.3 Å². The van der Waals surface area contributed by atoms with Gasteiger partial charge in [-0.1, -0.05) is 95.0 Å². The molecule has 2 nitrogen and oxygen atoms in total. The second-order valence-electron chi connectivity index (χ2n) is 7.59. The highest BCUT2D eigenvalue weighted by atomic mass is 32.2. The molecule has 0 N–H and O–H groups in total. The molecule has 2 rings (SSSR count). The van der Waals surface area contributed by atoms with Gasteiger partial charge in [0.05, 0.1) is 21.4 Å². The van der Waals surface area contributed by atoms with E-state index in [-0.39, 0.29) is 0 Å². The number of anilines is 2. The third-order valence-electron chi connectivity index (χ3n) is 5.27. The summed E-state index contributed by atoms with van der Waals surface area (Å²) in [7, 11) is -0.992. The first kappa shape index (κ1) is 22.7. The van der Waals surface area contributed by atoms with Crippen LogP contribution in [0.3, 0.4) is 0 Å². The van der Waals surface area contributed by atoms with E-state index in [4.69, 9.17) is 0 Å². The molecular formula is C25H37NOS. The van der Waals surface area contributed by atoms with Gasteiger partial charge >= 0.3 is 0 Å². The molecule has 0 radical (unpaired) electrons. The van der Waals surface area contributed by atoms with Crippen LogP contribution in [0.2, 0.25) is 0 Å². The molecule has 2 aromatic carbocycles. The Balaban J connectivity index is 1.87. The van der Waals surface area contributed by atoms with Crippen LogP contribution in [-0.4, -0.2) is 17.0 Å². The zero-order valence-corrected chi connectivity index (χ0v) is 18.6. The van der Waals surface area contributed by atoms with Gasteiger partial charge in [0, 0.05) is 18.5 Å². The number of rotatable bonds is 14. The first-order valence-corrected chi connectivity index (χ1v) is 12.5. The minimum absolute atomic E-state index is 0.915. The van der Waals surface area contributed by atoms with Crippen LogP contribution >= 0.6 is 0 Å². The van der Waals surface area contributed by atoms with Gasteiger partial charge in [-0.3, -0.25) is 4.21 Å². The summed E-state index contributed by atoms with van der Waals surface area (Å²) in [6.07, 6.45) is 15.2. The first-order valence-electron chi connectivity index (χ1n) is 11.0. The largest absolute Gasteiger partial charge is 0.341 e. The summed E-state index contributed by atoms with van der Waals surface area (Å²) >= 11 is 0. The normalized spacial score (nSPS) is 12.1. The van der Waals surface area contributed by atoms with Crippen LogP contribution in [0, 0.1) is 0 Å². The molecule has 0 aliphatic carbocycles. The Kier molecular flexibility index (Phi) is 11.0. The molecule has 0 aliphatic heterocycles. The minimum Gasteiger partial charge on any atom is -0.341 e. The lowest BCUT2D eigenvalue weighted by Gasteiger charge is -2.27. The van der Waals surface area contributed by atoms with Crippen molar-refractivity contribution in [2.75, 3.05) is 17.7 Å². The Bertz CT molecular complexity index is 686. The highest BCUT2D eigenvalue weighted by Gasteiger charge is 2.14. The van der Waals surface area contributed by atoms with Crippen molar-refractivity contribution in [3.05, 3.63) is 54.6 Å². The van der Waals surface area contributed by atoms with Gasteiger partial charge in [-0.25, -0.2) is 0 Å². The van der Waals surface area contributed by atoms with Crippen molar-refractivity contribution in [3.8, 4) is 0 Å². The average Bonchev–Trinajstić information content (AvgIpc) is 2.73. The molecule has 1 atom stereocenters. The maximum atomic E-state index is 12.2. The Morgan fingerprint density at radius 3 is 1.86 bits per heavy atom. The summed E-state index contributed by atoms with van der Waals surface area (Å²) < 4.78 is 12.2. The molecule has 0 fully saturated rings. The van der Waals surface area contributed by atoms with Crippen LogP contribution in [0.5, 0.6) is 0 Å². The van der Waals surface area contributed by atoms with Crippen molar-refractivity contribution in [1.82, 2.24) is 0 Å². The van der Waals surface area contributed by atoms with E-state index < -0.39 is 10.8 Å². The van der Waals surface area contributed by atoms with Gasteiger partial charge < -0.3 is 4.90 Å². The van der Waals surface area contributed by atoms with Crippen molar-refractivity contribution >= 4 is 22.2 Å². The van der Waals surface area contributed by atoms with Crippen molar-refractivity contribution < 1.29 is 4.21 Å². The predicted molar refractivity (Wildman–Crippen MR) is 124 cm³/mol. The lowest BCUT2D eigenvalue weighted by atomic mass is 10.1. The monoisotopic (exact) mass is 399 g/mol. The maximum absolute atomic E-state index is 12.2. The van der Waals surface area contributed by atoms with Gasteiger partial charge in [-0.15, -0.1) is 0 Å². The second kappa shape index (κ2) is 13.5. The molecule has 0 aliphatic rings. The van der Waals surface area contributed by atoms with Gasteiger partial charge in [-0.05, 0) is 30.7 Å². The minimum atomic E-state index is -0.992. The van der Waals surface area contributed by atoms with Gasteiger partial charge in [0.2, 0.25) is 0 Å². The quantitative estimate of drug-likeness (QED) is 0.307. The second-order valence-corrected chi connectivity index (χ2v) is 8.94. The number of benzene rings is 2. The van der Waals surface area contributed by atoms with E-state index in [1.54, 1.807) is 6.26 Å². The molecule has 28 heavy (non-hydrogen) atoms. The number of hydrogen-bond acceptors (Lipinski definition) is 2. The summed E-state index contributed by atoms with van der Waals surface area (Å²) in [4.78, 5) is 3.25. The summed E-state index contributed by atoms with van der Waals surface area (Å²) in [6.45, 7) is 3.24. The van der Waals surface area contributed by atoms with Crippen LogP contribution in [0.1, 0.15) is 71.1 Å². The zero-order valence-electron chi connectivity index (χ0n) is 17.7. The Hall–Kier alpha value is -1.61. The van der Waals surface area contributed by atoms with Gasteiger partial charge in [0.15, 0.2) is 0 Å². The number of nitrogens with zero attached hydrogens (tertiary/aromatic N) is 1. The highest BCUT2D eigenvalue weighted by molar-refractivity contribution is 7.84. The van der Waals surface area contributed by atoms with E-state index in [1.165, 1.54) is 63.5 Å². The van der Waals surface area contributed by atoms with E-state index >= 15 is 0 Å². The third kappa shape index (κ3) is 7.79. The Labute approximate surface area is 174 Å². The molecule has 2 aromatic rings. The van der Waals surface area contributed by atoms with E-state index in [0.29, 0.717) is 0 Å². The summed E-state index contributed by atoms with van der Waals surface area (Å²) in [5.41, 5.74) is 2.25. The van der Waals surface area contributed by atoms with Crippen LogP contribution in [0.4, 0.5) is 11.4 Å². The maximum Gasteiger partial charge on any atom is 0.0622 e. The van der Waals surface area contributed by atoms with Crippen molar-refractivity contribution in [1.29, 1.82) is 0 Å². The van der Waals surface area contributed by atoms with Gasteiger partial charge in [0.1, 0.15) is 0 Å². The molecule has 0 bridgehead atoms. The van der Waals surface area contributed by atoms with E-state index in [1.807, 2.05) is 24.3 Å². The molecule has 0 heterocycles. The number of para-hydroxylation sites is 2. The van der Waals surface area contributed by atoms with Crippen LogP contribution < -0.4 is 4.90 Å². The smallest absolute Gasteiger partial charge is 0.0622 e. The number of hydrogen-bond donors (Lipinski definition) is 0. The molecule has 3 heteroatoms. The molecule has 0 saturated carbocycles. The standard InChI is InChI=1S/C25H37NOS/c1-3-4-5-6-7-8-9-10-11-17-22-26(23-18-13-12-14-19-23)24-20-15-16-21-25(24)28(2)27/h12-16,18-21H,3-11,17,22H2,1-2H3. The molecular weight excluding hydrogens is 362 g/mol. The zero-order chi connectivity index (χ0) is 20.0. The summed E-state index contributed by atoms with van der Waals surface area (Å²) in [5.74, 6) is 0. The third-order valence-corrected chi connectivity index (χ3v) is 6.23.